The van der Waals surface area contributed by atoms with Gasteiger partial charge in [-0.25, -0.2) is 0 Å². The van der Waals surface area contributed by atoms with Crippen LogP contribution in [0.4, 0.5) is 0 Å². The molecule has 0 aliphatic carbocycles. The maximum absolute atomic E-state index is 12.7. The average Bonchev–Trinajstić information content (AvgIpc) is 3.41. The van der Waals surface area contributed by atoms with E-state index in [2.05, 4.69) is 10.1 Å². The van der Waals surface area contributed by atoms with E-state index in [1.54, 1.807) is 11.3 Å². The van der Waals surface area contributed by atoms with Crippen LogP contribution in [0.3, 0.4) is 0 Å². The Bertz CT molecular complexity index is 880. The summed E-state index contributed by atoms with van der Waals surface area (Å²) in [7, 11) is 0. The number of amides is 1. The SMILES string of the molecule is Cl.NCc1ccc(-c2noc(C3CCCN3C(=O)Cc3cccs3)n2)cc1. The lowest BCUT2D eigenvalue weighted by molar-refractivity contribution is -0.131. The van der Waals surface area contributed by atoms with Gasteiger partial charge in [-0.15, -0.1) is 23.7 Å². The molecule has 27 heavy (non-hydrogen) atoms. The Morgan fingerprint density at radius 3 is 2.81 bits per heavy atom. The van der Waals surface area contributed by atoms with E-state index in [9.17, 15) is 4.79 Å². The van der Waals surface area contributed by atoms with Gasteiger partial charge in [0.2, 0.25) is 17.6 Å². The van der Waals surface area contributed by atoms with Gasteiger partial charge in [0.15, 0.2) is 0 Å². The lowest BCUT2D eigenvalue weighted by Crippen LogP contribution is -2.31. The standard InChI is InChI=1S/C19H20N4O2S.ClH/c20-12-13-5-7-14(8-6-13)18-21-19(25-22-18)16-4-1-9-23(16)17(24)11-15-3-2-10-26-15;/h2-3,5-8,10,16H,1,4,9,11-12,20H2;1H. The van der Waals surface area contributed by atoms with Gasteiger partial charge in [-0.2, -0.15) is 4.98 Å². The third-order valence-corrected chi connectivity index (χ3v) is 5.53. The van der Waals surface area contributed by atoms with Crippen molar-refractivity contribution in [2.45, 2.75) is 31.8 Å². The normalized spacial score (nSPS) is 16.3. The summed E-state index contributed by atoms with van der Waals surface area (Å²) in [6, 6.07) is 11.6. The van der Waals surface area contributed by atoms with E-state index in [0.29, 0.717) is 24.7 Å². The fraction of sp³-hybridized carbons (Fsp3) is 0.316. The predicted molar refractivity (Wildman–Crippen MR) is 107 cm³/mol. The molecule has 1 amide bonds. The first-order valence-corrected chi connectivity index (χ1v) is 9.57. The molecule has 1 aliphatic rings. The highest BCUT2D eigenvalue weighted by atomic mass is 35.5. The van der Waals surface area contributed by atoms with Gasteiger partial charge in [0.1, 0.15) is 6.04 Å². The van der Waals surface area contributed by atoms with Gasteiger partial charge in [-0.1, -0.05) is 35.5 Å². The molecule has 1 fully saturated rings. The van der Waals surface area contributed by atoms with Crippen molar-refractivity contribution in [2.75, 3.05) is 6.54 Å². The molecule has 2 N–H and O–H groups in total. The maximum atomic E-state index is 12.7. The average molecular weight is 405 g/mol. The fourth-order valence-electron chi connectivity index (χ4n) is 3.26. The van der Waals surface area contributed by atoms with E-state index in [0.717, 1.165) is 35.4 Å². The topological polar surface area (TPSA) is 85.2 Å². The van der Waals surface area contributed by atoms with E-state index >= 15 is 0 Å². The number of rotatable bonds is 5. The molecule has 0 bridgehead atoms. The number of nitrogens with two attached hydrogens (primary N) is 1. The zero-order valence-corrected chi connectivity index (χ0v) is 16.3. The molecule has 1 aliphatic heterocycles. The van der Waals surface area contributed by atoms with Crippen molar-refractivity contribution >= 4 is 29.7 Å². The Balaban J connectivity index is 0.00000210. The van der Waals surface area contributed by atoms with E-state index in [1.165, 1.54) is 0 Å². The molecule has 2 aromatic heterocycles. The number of nitrogens with zero attached hydrogens (tertiary/aromatic N) is 3. The van der Waals surface area contributed by atoms with Gasteiger partial charge >= 0.3 is 0 Å². The summed E-state index contributed by atoms with van der Waals surface area (Å²) in [6.45, 7) is 1.24. The van der Waals surface area contributed by atoms with Crippen LogP contribution in [0.5, 0.6) is 0 Å². The number of hydrogen-bond acceptors (Lipinski definition) is 6. The van der Waals surface area contributed by atoms with Crippen molar-refractivity contribution in [1.82, 2.24) is 15.0 Å². The minimum atomic E-state index is -0.132. The van der Waals surface area contributed by atoms with Gasteiger partial charge < -0.3 is 15.2 Å². The summed E-state index contributed by atoms with van der Waals surface area (Å²) in [6.07, 6.45) is 2.23. The van der Waals surface area contributed by atoms with Crippen LogP contribution in [-0.2, 0) is 17.8 Å². The van der Waals surface area contributed by atoms with Crippen LogP contribution in [0, 0.1) is 0 Å². The second-order valence-electron chi connectivity index (χ2n) is 6.36. The number of aromatic nitrogens is 2. The summed E-state index contributed by atoms with van der Waals surface area (Å²) in [5.41, 5.74) is 7.57. The summed E-state index contributed by atoms with van der Waals surface area (Å²) in [5.74, 6) is 1.17. The Kier molecular flexibility index (Phi) is 6.26. The molecular formula is C19H21ClN4O2S. The molecule has 1 unspecified atom stereocenters. The molecule has 3 aromatic rings. The van der Waals surface area contributed by atoms with Gasteiger partial charge in [0.25, 0.3) is 0 Å². The monoisotopic (exact) mass is 404 g/mol. The highest BCUT2D eigenvalue weighted by Crippen LogP contribution is 2.32. The number of likely N-dealkylation sites (tertiary alicyclic amines) is 1. The Morgan fingerprint density at radius 2 is 2.11 bits per heavy atom. The number of hydrogen-bond donors (Lipinski definition) is 1. The molecular weight excluding hydrogens is 384 g/mol. The minimum Gasteiger partial charge on any atom is -0.337 e. The number of halogens is 1. The molecule has 1 atom stereocenters. The lowest BCUT2D eigenvalue weighted by Gasteiger charge is -2.21. The highest BCUT2D eigenvalue weighted by Gasteiger charge is 2.34. The van der Waals surface area contributed by atoms with Gasteiger partial charge in [-0.3, -0.25) is 4.79 Å². The fourth-order valence-corrected chi connectivity index (χ4v) is 3.96. The van der Waals surface area contributed by atoms with Crippen molar-refractivity contribution in [3.05, 3.63) is 58.1 Å². The van der Waals surface area contributed by atoms with Crippen molar-refractivity contribution in [3.8, 4) is 11.4 Å². The number of thiophene rings is 1. The number of benzene rings is 1. The minimum absolute atomic E-state index is 0. The smallest absolute Gasteiger partial charge is 0.249 e. The molecule has 0 saturated carbocycles. The molecule has 8 heteroatoms. The first-order chi connectivity index (χ1) is 12.7. The summed E-state index contributed by atoms with van der Waals surface area (Å²) in [4.78, 5) is 20.2. The molecule has 4 rings (SSSR count). The van der Waals surface area contributed by atoms with Crippen molar-refractivity contribution in [2.24, 2.45) is 5.73 Å². The maximum Gasteiger partial charge on any atom is 0.249 e. The number of carbonyl (C=O) groups excluding carboxylic acids is 1. The zero-order valence-electron chi connectivity index (χ0n) is 14.7. The second kappa shape index (κ2) is 8.65. The van der Waals surface area contributed by atoms with E-state index in [1.807, 2.05) is 46.7 Å². The van der Waals surface area contributed by atoms with Crippen molar-refractivity contribution in [1.29, 1.82) is 0 Å². The Labute approximate surface area is 167 Å². The first-order valence-electron chi connectivity index (χ1n) is 8.69. The van der Waals surface area contributed by atoms with Crippen LogP contribution in [0.2, 0.25) is 0 Å². The lowest BCUT2D eigenvalue weighted by atomic mass is 10.1. The molecule has 1 saturated heterocycles. The first kappa shape index (κ1) is 19.5. The van der Waals surface area contributed by atoms with Crippen LogP contribution in [-0.4, -0.2) is 27.5 Å². The Morgan fingerprint density at radius 1 is 1.30 bits per heavy atom. The quantitative estimate of drug-likeness (QED) is 0.702. The summed E-state index contributed by atoms with van der Waals surface area (Å²) >= 11 is 1.60. The van der Waals surface area contributed by atoms with Crippen LogP contribution in [0.25, 0.3) is 11.4 Å². The third-order valence-electron chi connectivity index (χ3n) is 4.65. The van der Waals surface area contributed by atoms with E-state index < -0.39 is 0 Å². The third kappa shape index (κ3) is 4.21. The van der Waals surface area contributed by atoms with Crippen LogP contribution in [0.1, 0.15) is 35.2 Å². The molecule has 142 valence electrons. The molecule has 3 heterocycles. The van der Waals surface area contributed by atoms with Gasteiger partial charge in [0, 0.05) is 23.5 Å². The predicted octanol–water partition coefficient (Wildman–Crippen LogP) is 3.58. The van der Waals surface area contributed by atoms with Crippen LogP contribution in [0.15, 0.2) is 46.3 Å². The van der Waals surface area contributed by atoms with Crippen LogP contribution < -0.4 is 5.73 Å². The van der Waals surface area contributed by atoms with Crippen molar-refractivity contribution in [3.63, 3.8) is 0 Å². The van der Waals surface area contributed by atoms with E-state index in [-0.39, 0.29) is 24.4 Å². The van der Waals surface area contributed by atoms with E-state index in [4.69, 9.17) is 10.3 Å². The zero-order chi connectivity index (χ0) is 17.9. The second-order valence-corrected chi connectivity index (χ2v) is 7.39. The summed E-state index contributed by atoms with van der Waals surface area (Å²) in [5, 5.41) is 6.09. The van der Waals surface area contributed by atoms with Crippen molar-refractivity contribution < 1.29 is 9.32 Å². The highest BCUT2D eigenvalue weighted by molar-refractivity contribution is 7.10. The van der Waals surface area contributed by atoms with Gasteiger partial charge in [-0.05, 0) is 29.9 Å². The largest absolute Gasteiger partial charge is 0.337 e. The summed E-state index contributed by atoms with van der Waals surface area (Å²) < 4.78 is 5.50. The Hall–Kier alpha value is -2.22. The molecule has 6 nitrogen and oxygen atoms in total. The molecule has 1 aromatic carbocycles. The number of carbonyl (C=O) groups is 1. The van der Waals surface area contributed by atoms with Crippen LogP contribution >= 0.6 is 23.7 Å². The van der Waals surface area contributed by atoms with Gasteiger partial charge in [0.05, 0.1) is 6.42 Å². The molecule has 0 spiro atoms. The molecule has 0 radical (unpaired) electrons.